The fourth-order valence-corrected chi connectivity index (χ4v) is 1.45. The molecule has 0 atom stereocenters. The number of nitrogens with zero attached hydrogens (tertiary/aromatic N) is 1. The second kappa shape index (κ2) is 6.27. The molecule has 21 heavy (non-hydrogen) atoms. The van der Waals surface area contributed by atoms with Crippen molar-refractivity contribution in [3.63, 3.8) is 0 Å². The molecular weight excluding hydrogens is 284 g/mol. The summed E-state index contributed by atoms with van der Waals surface area (Å²) >= 11 is 0. The predicted octanol–water partition coefficient (Wildman–Crippen LogP) is 4.06. The van der Waals surface area contributed by atoms with Crippen molar-refractivity contribution in [2.45, 2.75) is 13.1 Å². The van der Waals surface area contributed by atoms with Gasteiger partial charge in [-0.2, -0.15) is 18.4 Å². The molecular formula is C15H12F4N2. The Morgan fingerprint density at radius 3 is 2.48 bits per heavy atom. The number of hydrogen-bond acceptors (Lipinski definition) is 2. The summed E-state index contributed by atoms with van der Waals surface area (Å²) in [4.78, 5) is 0. The molecule has 0 unspecified atom stereocenters. The van der Waals surface area contributed by atoms with Gasteiger partial charge in [0.2, 0.25) is 0 Å². The van der Waals surface area contributed by atoms with Crippen molar-refractivity contribution in [2.75, 3.05) is 0 Å². The normalized spacial score (nSPS) is 13.0. The summed E-state index contributed by atoms with van der Waals surface area (Å²) in [6.45, 7) is 4.49. The van der Waals surface area contributed by atoms with Crippen molar-refractivity contribution in [3.05, 3.63) is 65.1 Å². The fourth-order valence-electron chi connectivity index (χ4n) is 1.45. The van der Waals surface area contributed by atoms with Crippen LogP contribution in [0.2, 0.25) is 0 Å². The first-order chi connectivity index (χ1) is 9.68. The summed E-state index contributed by atoms with van der Waals surface area (Å²) < 4.78 is 50.5. The maximum atomic E-state index is 13.5. The first-order valence-electron chi connectivity index (χ1n) is 5.78. The van der Waals surface area contributed by atoms with Crippen LogP contribution in [0.4, 0.5) is 17.6 Å². The maximum absolute atomic E-state index is 13.5. The average Bonchev–Trinajstić information content (AvgIpc) is 2.42. The number of benzene rings is 1. The zero-order valence-corrected chi connectivity index (χ0v) is 11.1. The van der Waals surface area contributed by atoms with E-state index in [-0.39, 0.29) is 22.4 Å². The Balaban J connectivity index is 3.16. The number of nitrogens with two attached hydrogens (primary N) is 1. The van der Waals surface area contributed by atoms with Crippen molar-refractivity contribution in [1.82, 2.24) is 0 Å². The van der Waals surface area contributed by atoms with E-state index < -0.39 is 17.6 Å². The highest BCUT2D eigenvalue weighted by molar-refractivity contribution is 5.80. The first kappa shape index (κ1) is 16.5. The van der Waals surface area contributed by atoms with Gasteiger partial charge in [0.1, 0.15) is 11.9 Å². The Labute approximate surface area is 119 Å². The molecule has 0 fully saturated rings. The second-order valence-corrected chi connectivity index (χ2v) is 4.22. The van der Waals surface area contributed by atoms with Crippen LogP contribution in [0.3, 0.4) is 0 Å². The number of hydrogen-bond donors (Lipinski definition) is 1. The highest BCUT2D eigenvalue weighted by atomic mass is 19.4. The number of nitriles is 1. The van der Waals surface area contributed by atoms with Crippen LogP contribution in [0, 0.1) is 17.1 Å². The lowest BCUT2D eigenvalue weighted by atomic mass is 9.98. The average molecular weight is 296 g/mol. The van der Waals surface area contributed by atoms with Gasteiger partial charge in [-0.05, 0) is 24.6 Å². The third-order valence-corrected chi connectivity index (χ3v) is 2.76. The Bertz CT molecular complexity index is 661. The summed E-state index contributed by atoms with van der Waals surface area (Å²) in [5.74, 6) is -0.744. The molecule has 1 rings (SSSR count). The molecule has 0 aliphatic rings. The van der Waals surface area contributed by atoms with Crippen molar-refractivity contribution in [2.24, 2.45) is 5.73 Å². The smallest absolute Gasteiger partial charge is 0.398 e. The summed E-state index contributed by atoms with van der Waals surface area (Å²) in [6, 6.07) is 5.56. The molecule has 0 aliphatic heterocycles. The number of rotatable bonds is 3. The molecule has 1 aromatic rings. The minimum absolute atomic E-state index is 0.0808. The zero-order valence-electron chi connectivity index (χ0n) is 11.1. The van der Waals surface area contributed by atoms with Gasteiger partial charge in [0.25, 0.3) is 0 Å². The molecule has 2 nitrogen and oxygen atoms in total. The molecule has 0 bridgehead atoms. The van der Waals surface area contributed by atoms with Gasteiger partial charge in [-0.1, -0.05) is 24.8 Å². The minimum atomic E-state index is -4.45. The van der Waals surface area contributed by atoms with Gasteiger partial charge in [-0.25, -0.2) is 4.39 Å². The third-order valence-electron chi connectivity index (χ3n) is 2.76. The van der Waals surface area contributed by atoms with E-state index >= 15 is 0 Å². The van der Waals surface area contributed by atoms with E-state index in [1.54, 1.807) is 6.07 Å². The molecule has 0 aromatic heterocycles. The lowest BCUT2D eigenvalue weighted by Crippen LogP contribution is -2.09. The lowest BCUT2D eigenvalue weighted by Gasteiger charge is -2.09. The summed E-state index contributed by atoms with van der Waals surface area (Å²) in [7, 11) is 0. The maximum Gasteiger partial charge on any atom is 0.412 e. The van der Waals surface area contributed by atoms with Crippen LogP contribution in [0.25, 0.3) is 5.57 Å². The van der Waals surface area contributed by atoms with Crippen molar-refractivity contribution in [3.8, 4) is 6.07 Å². The summed E-state index contributed by atoms with van der Waals surface area (Å²) in [6.07, 6.45) is -2.63. The molecule has 0 heterocycles. The molecule has 0 radical (unpaired) electrons. The van der Waals surface area contributed by atoms with Gasteiger partial charge in [-0.3, -0.25) is 0 Å². The molecule has 0 amide bonds. The van der Waals surface area contributed by atoms with Crippen molar-refractivity contribution < 1.29 is 17.6 Å². The van der Waals surface area contributed by atoms with E-state index in [4.69, 9.17) is 11.0 Å². The van der Waals surface area contributed by atoms with Gasteiger partial charge in [0, 0.05) is 16.8 Å². The Morgan fingerprint density at radius 2 is 1.95 bits per heavy atom. The topological polar surface area (TPSA) is 49.8 Å². The second-order valence-electron chi connectivity index (χ2n) is 4.22. The molecule has 0 aliphatic carbocycles. The largest absolute Gasteiger partial charge is 0.412 e. The predicted molar refractivity (Wildman–Crippen MR) is 72.2 cm³/mol. The van der Waals surface area contributed by atoms with E-state index in [1.165, 1.54) is 12.1 Å². The fraction of sp³-hybridized carbons (Fsp3) is 0.133. The van der Waals surface area contributed by atoms with Gasteiger partial charge in [0.15, 0.2) is 0 Å². The summed E-state index contributed by atoms with van der Waals surface area (Å²) in [5, 5.41) is 8.90. The van der Waals surface area contributed by atoms with E-state index in [0.717, 1.165) is 25.1 Å². The monoisotopic (exact) mass is 296 g/mol. The zero-order chi connectivity index (χ0) is 16.2. The van der Waals surface area contributed by atoms with Gasteiger partial charge in [-0.15, -0.1) is 0 Å². The molecule has 110 valence electrons. The number of halogens is 4. The van der Waals surface area contributed by atoms with Crippen molar-refractivity contribution >= 4 is 5.57 Å². The lowest BCUT2D eigenvalue weighted by molar-refractivity contribution is -0.0912. The van der Waals surface area contributed by atoms with Crippen LogP contribution in [0.5, 0.6) is 0 Å². The SMILES string of the molecule is C=C(/C(N)=C\C=C(/C)C(F)(F)F)c1cccc(F)c1C#N. The highest BCUT2D eigenvalue weighted by Gasteiger charge is 2.29. The van der Waals surface area contributed by atoms with Gasteiger partial charge < -0.3 is 5.73 Å². The van der Waals surface area contributed by atoms with E-state index in [0.29, 0.717) is 0 Å². The van der Waals surface area contributed by atoms with Gasteiger partial charge in [0.05, 0.1) is 5.56 Å². The molecule has 0 spiro atoms. The van der Waals surface area contributed by atoms with E-state index in [1.807, 2.05) is 0 Å². The van der Waals surface area contributed by atoms with E-state index in [2.05, 4.69) is 6.58 Å². The molecule has 2 N–H and O–H groups in total. The highest BCUT2D eigenvalue weighted by Crippen LogP contribution is 2.26. The van der Waals surface area contributed by atoms with Crippen LogP contribution in [0.1, 0.15) is 18.1 Å². The van der Waals surface area contributed by atoms with Crippen LogP contribution >= 0.6 is 0 Å². The summed E-state index contributed by atoms with van der Waals surface area (Å²) in [5.41, 5.74) is 4.68. The van der Waals surface area contributed by atoms with Crippen LogP contribution < -0.4 is 5.73 Å². The quantitative estimate of drug-likeness (QED) is 0.675. The number of allylic oxidation sites excluding steroid dienone is 4. The van der Waals surface area contributed by atoms with Crippen LogP contribution in [-0.4, -0.2) is 6.18 Å². The minimum Gasteiger partial charge on any atom is -0.398 e. The Morgan fingerprint density at radius 1 is 1.33 bits per heavy atom. The Hall–Kier alpha value is -2.55. The Kier molecular flexibility index (Phi) is 4.93. The molecule has 1 aromatic carbocycles. The van der Waals surface area contributed by atoms with Crippen LogP contribution in [0.15, 0.2) is 48.2 Å². The molecule has 0 saturated heterocycles. The number of alkyl halides is 3. The molecule has 0 saturated carbocycles. The first-order valence-corrected chi connectivity index (χ1v) is 5.78. The standard InChI is InChI=1S/C15H12F4N2/c1-9(15(17,18)19)6-7-14(21)10(2)11-4-3-5-13(16)12(11)8-20/h3-7H,2,21H2,1H3/b9-6+,14-7+. The third kappa shape index (κ3) is 3.96. The van der Waals surface area contributed by atoms with Crippen molar-refractivity contribution in [1.29, 1.82) is 5.26 Å². The molecule has 6 heteroatoms. The van der Waals surface area contributed by atoms with Crippen LogP contribution in [-0.2, 0) is 0 Å². The van der Waals surface area contributed by atoms with Gasteiger partial charge >= 0.3 is 6.18 Å². The van der Waals surface area contributed by atoms with E-state index in [9.17, 15) is 17.6 Å².